The number of hydrogen-bond acceptors (Lipinski definition) is 6. The Morgan fingerprint density at radius 2 is 1.70 bits per heavy atom. The minimum absolute atomic E-state index is 0.146. The summed E-state index contributed by atoms with van der Waals surface area (Å²) in [7, 11) is 0. The smallest absolute Gasteiger partial charge is 0.303 e. The molecule has 3 rings (SSSR count). The first kappa shape index (κ1) is 22.4. The van der Waals surface area contributed by atoms with Crippen molar-refractivity contribution >= 4 is 23.5 Å². The van der Waals surface area contributed by atoms with Gasteiger partial charge in [-0.2, -0.15) is 0 Å². The van der Waals surface area contributed by atoms with E-state index in [1.807, 2.05) is 26.8 Å². The van der Waals surface area contributed by atoms with Gasteiger partial charge >= 0.3 is 11.9 Å². The third-order valence-corrected chi connectivity index (χ3v) is 7.54. The summed E-state index contributed by atoms with van der Waals surface area (Å²) < 4.78 is 11.2. The van der Waals surface area contributed by atoms with E-state index in [-0.39, 0.29) is 35.5 Å². The molecule has 5 unspecified atom stereocenters. The quantitative estimate of drug-likeness (QED) is 0.504. The molecule has 0 spiro atoms. The Hall–Kier alpha value is -2.24. The molecule has 0 aromatic heterocycles. The van der Waals surface area contributed by atoms with Crippen LogP contribution in [0.1, 0.15) is 66.7 Å². The lowest BCUT2D eigenvalue weighted by Gasteiger charge is -2.54. The molecular formula is C24H32O6. The molecule has 6 nitrogen and oxygen atoms in total. The third-order valence-electron chi connectivity index (χ3n) is 7.54. The second kappa shape index (κ2) is 7.78. The van der Waals surface area contributed by atoms with E-state index in [9.17, 15) is 19.2 Å². The lowest BCUT2D eigenvalue weighted by atomic mass is 9.52. The van der Waals surface area contributed by atoms with Crippen LogP contribution in [0.4, 0.5) is 0 Å². The Kier molecular flexibility index (Phi) is 5.82. The predicted molar refractivity (Wildman–Crippen MR) is 110 cm³/mol. The molecule has 1 saturated carbocycles. The molecule has 0 aromatic rings. The lowest BCUT2D eigenvalue weighted by molar-refractivity contribution is -0.174. The number of carbonyl (C=O) groups is 4. The van der Waals surface area contributed by atoms with Gasteiger partial charge in [0.1, 0.15) is 18.0 Å². The highest BCUT2D eigenvalue weighted by Gasteiger charge is 2.57. The van der Waals surface area contributed by atoms with E-state index in [2.05, 4.69) is 6.58 Å². The Morgan fingerprint density at radius 1 is 1.07 bits per heavy atom. The number of rotatable bonds is 2. The van der Waals surface area contributed by atoms with Crippen LogP contribution in [0, 0.1) is 22.7 Å². The minimum Gasteiger partial charge on any atom is -0.462 e. The first-order valence-corrected chi connectivity index (χ1v) is 10.7. The Morgan fingerprint density at radius 3 is 2.30 bits per heavy atom. The van der Waals surface area contributed by atoms with Crippen molar-refractivity contribution in [2.24, 2.45) is 22.7 Å². The van der Waals surface area contributed by atoms with Crippen molar-refractivity contribution in [1.29, 1.82) is 0 Å². The van der Waals surface area contributed by atoms with Crippen LogP contribution in [0.2, 0.25) is 0 Å². The maximum atomic E-state index is 13.4. The first-order chi connectivity index (χ1) is 13.9. The second-order valence-electron chi connectivity index (χ2n) is 9.81. The summed E-state index contributed by atoms with van der Waals surface area (Å²) in [5.41, 5.74) is -0.269. The minimum atomic E-state index is -0.748. The van der Waals surface area contributed by atoms with Gasteiger partial charge in [0.15, 0.2) is 5.78 Å². The maximum Gasteiger partial charge on any atom is 0.303 e. The Labute approximate surface area is 178 Å². The molecule has 3 aliphatic rings. The molecular weight excluding hydrogens is 384 g/mol. The summed E-state index contributed by atoms with van der Waals surface area (Å²) in [6.45, 7) is 12.6. The summed E-state index contributed by atoms with van der Waals surface area (Å²) in [5.74, 6) is -1.30. The van der Waals surface area contributed by atoms with E-state index in [4.69, 9.17) is 9.47 Å². The van der Waals surface area contributed by atoms with Crippen LogP contribution in [0.3, 0.4) is 0 Å². The fourth-order valence-electron chi connectivity index (χ4n) is 5.81. The van der Waals surface area contributed by atoms with Gasteiger partial charge in [-0.25, -0.2) is 0 Å². The van der Waals surface area contributed by atoms with Gasteiger partial charge in [0.05, 0.1) is 0 Å². The zero-order valence-corrected chi connectivity index (χ0v) is 18.6. The molecule has 0 radical (unpaired) electrons. The highest BCUT2D eigenvalue weighted by Crippen LogP contribution is 2.56. The second-order valence-corrected chi connectivity index (χ2v) is 9.81. The van der Waals surface area contributed by atoms with Crippen LogP contribution < -0.4 is 0 Å². The highest BCUT2D eigenvalue weighted by molar-refractivity contribution is 6.12. The van der Waals surface area contributed by atoms with E-state index in [0.717, 1.165) is 0 Å². The summed E-state index contributed by atoms with van der Waals surface area (Å²) in [5, 5.41) is 0. The monoisotopic (exact) mass is 416 g/mol. The number of allylic oxidation sites excluding steroid dienone is 2. The summed E-state index contributed by atoms with van der Waals surface area (Å²) in [6, 6.07) is 0. The predicted octanol–water partition coefficient (Wildman–Crippen LogP) is 3.73. The van der Waals surface area contributed by atoms with Crippen LogP contribution in [0.25, 0.3) is 0 Å². The highest BCUT2D eigenvalue weighted by atomic mass is 16.5. The largest absolute Gasteiger partial charge is 0.462 e. The third kappa shape index (κ3) is 3.77. The number of esters is 2. The molecule has 6 heteroatoms. The number of fused-ring (bicyclic) bond motifs is 2. The average molecular weight is 417 g/mol. The van der Waals surface area contributed by atoms with E-state index in [1.54, 1.807) is 0 Å². The van der Waals surface area contributed by atoms with Gasteiger partial charge in [0.2, 0.25) is 0 Å². The van der Waals surface area contributed by atoms with Crippen molar-refractivity contribution in [2.45, 2.75) is 78.9 Å². The molecule has 0 heterocycles. The molecule has 3 aliphatic carbocycles. The Bertz CT molecular complexity index is 835. The molecule has 0 aromatic carbocycles. The van der Waals surface area contributed by atoms with Gasteiger partial charge in [0.25, 0.3) is 0 Å². The van der Waals surface area contributed by atoms with Crippen LogP contribution in [0.5, 0.6) is 0 Å². The molecule has 0 amide bonds. The summed E-state index contributed by atoms with van der Waals surface area (Å²) in [4.78, 5) is 49.9. The van der Waals surface area contributed by atoms with Gasteiger partial charge in [-0.3, -0.25) is 19.2 Å². The lowest BCUT2D eigenvalue weighted by Crippen LogP contribution is -2.55. The van der Waals surface area contributed by atoms with Crippen molar-refractivity contribution in [3.05, 3.63) is 23.8 Å². The van der Waals surface area contributed by atoms with Crippen molar-refractivity contribution < 1.29 is 28.7 Å². The van der Waals surface area contributed by atoms with Crippen molar-refractivity contribution in [3.63, 3.8) is 0 Å². The van der Waals surface area contributed by atoms with E-state index in [1.165, 1.54) is 13.8 Å². The van der Waals surface area contributed by atoms with Crippen molar-refractivity contribution in [1.82, 2.24) is 0 Å². The molecule has 0 aliphatic heterocycles. The number of carbonyl (C=O) groups excluding carboxylic acids is 4. The molecule has 0 N–H and O–H groups in total. The molecule has 164 valence electrons. The van der Waals surface area contributed by atoms with Gasteiger partial charge < -0.3 is 9.47 Å². The normalized spacial score (nSPS) is 35.9. The number of Topliss-reactive ketones (excluding diaryl/α,β-unsaturated/α-hetero) is 2. The van der Waals surface area contributed by atoms with Crippen LogP contribution in [-0.4, -0.2) is 35.7 Å². The molecule has 30 heavy (non-hydrogen) atoms. The molecule has 5 atom stereocenters. The van der Waals surface area contributed by atoms with Crippen molar-refractivity contribution in [2.75, 3.05) is 0 Å². The zero-order chi connectivity index (χ0) is 22.4. The maximum absolute atomic E-state index is 13.4. The zero-order valence-electron chi connectivity index (χ0n) is 18.6. The topological polar surface area (TPSA) is 86.7 Å². The molecule has 0 saturated heterocycles. The van der Waals surface area contributed by atoms with E-state index < -0.39 is 22.9 Å². The van der Waals surface area contributed by atoms with E-state index in [0.29, 0.717) is 43.3 Å². The standard InChI is InChI=1S/C24H32O6/c1-13-16-7-8-20(27)24(6)10-9-21(30-15(3)26)23(4,5)19(24)12-18(29-14(2)25)17(11-16)22(13)28/h11,16,18-19,21H,1,7-10,12H2,2-6H3. The fraction of sp³-hybridized carbons (Fsp3) is 0.667. The van der Waals surface area contributed by atoms with Crippen LogP contribution >= 0.6 is 0 Å². The van der Waals surface area contributed by atoms with Crippen LogP contribution in [0.15, 0.2) is 23.8 Å². The molecule has 1 fully saturated rings. The van der Waals surface area contributed by atoms with Crippen LogP contribution in [-0.2, 0) is 28.7 Å². The summed E-state index contributed by atoms with van der Waals surface area (Å²) >= 11 is 0. The summed E-state index contributed by atoms with van der Waals surface area (Å²) in [6.07, 6.45) is 3.12. The van der Waals surface area contributed by atoms with E-state index >= 15 is 0 Å². The number of hydrogen-bond donors (Lipinski definition) is 0. The SMILES string of the molecule is C=C1C(=O)C2=CC1CCC(=O)C1(C)CCC(OC(C)=O)C(C)(C)C1CC2OC(C)=O. The van der Waals surface area contributed by atoms with Crippen molar-refractivity contribution in [3.8, 4) is 0 Å². The van der Waals surface area contributed by atoms with Gasteiger partial charge in [0, 0.05) is 42.6 Å². The number of ketones is 2. The first-order valence-electron chi connectivity index (χ1n) is 10.7. The average Bonchev–Trinajstić information content (AvgIpc) is 2.91. The number of ether oxygens (including phenoxy) is 2. The Balaban J connectivity index is 2.09. The fourth-order valence-corrected chi connectivity index (χ4v) is 5.81. The van der Waals surface area contributed by atoms with Gasteiger partial charge in [-0.05, 0) is 37.2 Å². The van der Waals surface area contributed by atoms with Gasteiger partial charge in [-0.15, -0.1) is 0 Å². The van der Waals surface area contributed by atoms with Gasteiger partial charge in [-0.1, -0.05) is 33.4 Å². The molecule has 2 bridgehead atoms.